The van der Waals surface area contributed by atoms with Crippen LogP contribution in [0.5, 0.6) is 0 Å². The van der Waals surface area contributed by atoms with Gasteiger partial charge < -0.3 is 21.7 Å². The first-order chi connectivity index (χ1) is 9.88. The highest BCUT2D eigenvalue weighted by Gasteiger charge is 2.28. The van der Waals surface area contributed by atoms with Crippen molar-refractivity contribution in [3.63, 3.8) is 0 Å². The first-order valence-corrected chi connectivity index (χ1v) is 7.81. The number of anilines is 2. The average Bonchev–Trinajstić information content (AvgIpc) is 2.78. The summed E-state index contributed by atoms with van der Waals surface area (Å²) >= 11 is 1.27. The minimum atomic E-state index is -0.289. The van der Waals surface area contributed by atoms with Gasteiger partial charge in [0.2, 0.25) is 5.91 Å². The van der Waals surface area contributed by atoms with Crippen LogP contribution in [0.3, 0.4) is 0 Å². The van der Waals surface area contributed by atoms with E-state index in [-0.39, 0.29) is 29.6 Å². The highest BCUT2D eigenvalue weighted by Crippen LogP contribution is 2.28. The number of amides is 2. The summed E-state index contributed by atoms with van der Waals surface area (Å²) in [6, 6.07) is 0.227. The van der Waals surface area contributed by atoms with Gasteiger partial charge in [-0.15, -0.1) is 0 Å². The zero-order chi connectivity index (χ0) is 15.6. The molecule has 0 bridgehead atoms. The van der Waals surface area contributed by atoms with E-state index in [1.165, 1.54) is 11.3 Å². The number of rotatable bonds is 4. The van der Waals surface area contributed by atoms with Crippen LogP contribution in [0.15, 0.2) is 0 Å². The maximum atomic E-state index is 12.5. The Morgan fingerprint density at radius 2 is 2.00 bits per heavy atom. The number of aromatic nitrogens is 1. The van der Waals surface area contributed by atoms with Crippen LogP contribution in [0.1, 0.15) is 36.4 Å². The molecule has 5 N–H and O–H groups in total. The average molecular weight is 311 g/mol. The summed E-state index contributed by atoms with van der Waals surface area (Å²) in [6.07, 6.45) is 1.22. The van der Waals surface area contributed by atoms with E-state index in [1.54, 1.807) is 4.90 Å². The number of carbonyl (C=O) groups excluding carboxylic acids is 2. The Balaban J connectivity index is 2.04. The summed E-state index contributed by atoms with van der Waals surface area (Å²) in [6.45, 7) is 5.04. The molecule has 7 nitrogen and oxygen atoms in total. The minimum absolute atomic E-state index is 0.121. The lowest BCUT2D eigenvalue weighted by molar-refractivity contribution is -0.123. The third-order valence-corrected chi connectivity index (χ3v) is 4.43. The maximum absolute atomic E-state index is 12.5. The van der Waals surface area contributed by atoms with E-state index in [4.69, 9.17) is 11.5 Å². The number of nitrogens with two attached hydrogens (primary N) is 2. The van der Waals surface area contributed by atoms with Gasteiger partial charge in [-0.25, -0.2) is 4.98 Å². The predicted molar refractivity (Wildman–Crippen MR) is 83.1 cm³/mol. The van der Waals surface area contributed by atoms with Gasteiger partial charge in [0.25, 0.3) is 5.91 Å². The number of primary amides is 1. The molecule has 0 aromatic carbocycles. The van der Waals surface area contributed by atoms with Crippen molar-refractivity contribution in [1.29, 1.82) is 0 Å². The summed E-state index contributed by atoms with van der Waals surface area (Å²) < 4.78 is 0. The molecule has 2 heterocycles. The SMILES string of the molecule is CC(C)Nc1nc(N)c(C(=O)N2CCC(C(N)=O)CC2)s1. The van der Waals surface area contributed by atoms with Crippen molar-refractivity contribution in [2.75, 3.05) is 24.1 Å². The van der Waals surface area contributed by atoms with Crippen molar-refractivity contribution < 1.29 is 9.59 Å². The number of thiazole rings is 1. The molecule has 21 heavy (non-hydrogen) atoms. The van der Waals surface area contributed by atoms with Crippen molar-refractivity contribution in [2.45, 2.75) is 32.7 Å². The lowest BCUT2D eigenvalue weighted by Gasteiger charge is -2.30. The number of likely N-dealkylation sites (tertiary alicyclic amines) is 1. The number of hydrogen-bond donors (Lipinski definition) is 3. The first-order valence-electron chi connectivity index (χ1n) is 7.00. The van der Waals surface area contributed by atoms with Gasteiger partial charge in [0.1, 0.15) is 10.7 Å². The van der Waals surface area contributed by atoms with Gasteiger partial charge in [-0.3, -0.25) is 9.59 Å². The van der Waals surface area contributed by atoms with Crippen LogP contribution in [0.4, 0.5) is 10.9 Å². The van der Waals surface area contributed by atoms with E-state index in [9.17, 15) is 9.59 Å². The Morgan fingerprint density at radius 1 is 1.38 bits per heavy atom. The summed E-state index contributed by atoms with van der Waals surface area (Å²) in [7, 11) is 0. The maximum Gasteiger partial charge on any atom is 0.267 e. The third-order valence-electron chi connectivity index (χ3n) is 3.44. The van der Waals surface area contributed by atoms with Crippen molar-refractivity contribution in [2.24, 2.45) is 11.7 Å². The highest BCUT2D eigenvalue weighted by molar-refractivity contribution is 7.18. The smallest absolute Gasteiger partial charge is 0.267 e. The van der Waals surface area contributed by atoms with Crippen molar-refractivity contribution in [3.05, 3.63) is 4.88 Å². The van der Waals surface area contributed by atoms with Gasteiger partial charge in [-0.05, 0) is 26.7 Å². The molecular weight excluding hydrogens is 290 g/mol. The third kappa shape index (κ3) is 3.63. The predicted octanol–water partition coefficient (Wildman–Crippen LogP) is 0.883. The Bertz CT molecular complexity index is 535. The van der Waals surface area contributed by atoms with Crippen molar-refractivity contribution in [1.82, 2.24) is 9.88 Å². The van der Waals surface area contributed by atoms with Crippen LogP contribution < -0.4 is 16.8 Å². The molecule has 2 rings (SSSR count). The second-order valence-corrected chi connectivity index (χ2v) is 6.50. The van der Waals surface area contributed by atoms with E-state index in [1.807, 2.05) is 13.8 Å². The zero-order valence-electron chi connectivity index (χ0n) is 12.3. The molecule has 0 spiro atoms. The van der Waals surface area contributed by atoms with Crippen LogP contribution >= 0.6 is 11.3 Å². The van der Waals surface area contributed by atoms with Crippen molar-refractivity contribution in [3.8, 4) is 0 Å². The molecule has 0 saturated carbocycles. The quantitative estimate of drug-likeness (QED) is 0.763. The number of nitrogen functional groups attached to an aromatic ring is 1. The van der Waals surface area contributed by atoms with Gasteiger partial charge in [0, 0.05) is 25.0 Å². The molecule has 0 radical (unpaired) electrons. The number of hydrogen-bond acceptors (Lipinski definition) is 6. The normalized spacial score (nSPS) is 16.2. The fourth-order valence-electron chi connectivity index (χ4n) is 2.30. The van der Waals surface area contributed by atoms with E-state index >= 15 is 0 Å². The van der Waals surface area contributed by atoms with E-state index in [0.29, 0.717) is 35.9 Å². The Morgan fingerprint density at radius 3 is 2.52 bits per heavy atom. The summed E-state index contributed by atoms with van der Waals surface area (Å²) in [5, 5.41) is 3.79. The Hall–Kier alpha value is -1.83. The van der Waals surface area contributed by atoms with Crippen LogP contribution in [-0.4, -0.2) is 40.8 Å². The largest absolute Gasteiger partial charge is 0.382 e. The molecule has 1 aliphatic rings. The first kappa shape index (κ1) is 15.6. The molecule has 0 atom stereocenters. The number of nitrogens with zero attached hydrogens (tertiary/aromatic N) is 2. The molecule has 1 aromatic heterocycles. The Kier molecular flexibility index (Phi) is 4.66. The second-order valence-electron chi connectivity index (χ2n) is 5.50. The van der Waals surface area contributed by atoms with Gasteiger partial charge >= 0.3 is 0 Å². The molecule has 2 amide bonds. The number of carbonyl (C=O) groups is 2. The van der Waals surface area contributed by atoms with Crippen LogP contribution in [-0.2, 0) is 4.79 Å². The van der Waals surface area contributed by atoms with Crippen LogP contribution in [0, 0.1) is 5.92 Å². The molecule has 1 aromatic rings. The minimum Gasteiger partial charge on any atom is -0.382 e. The summed E-state index contributed by atoms with van der Waals surface area (Å²) in [4.78, 5) is 30.0. The van der Waals surface area contributed by atoms with Crippen LogP contribution in [0.2, 0.25) is 0 Å². The molecule has 1 fully saturated rings. The lowest BCUT2D eigenvalue weighted by Crippen LogP contribution is -2.41. The van der Waals surface area contributed by atoms with Gasteiger partial charge in [0.15, 0.2) is 5.13 Å². The molecular formula is C13H21N5O2S. The fourth-order valence-corrected chi connectivity index (χ4v) is 3.30. The van der Waals surface area contributed by atoms with Gasteiger partial charge in [0.05, 0.1) is 0 Å². The molecule has 116 valence electrons. The van der Waals surface area contributed by atoms with Crippen LogP contribution in [0.25, 0.3) is 0 Å². The molecule has 0 aliphatic carbocycles. The Labute approximate surface area is 127 Å². The molecule has 8 heteroatoms. The summed E-state index contributed by atoms with van der Waals surface area (Å²) in [5.74, 6) is -0.288. The highest BCUT2D eigenvalue weighted by atomic mass is 32.1. The van der Waals surface area contributed by atoms with Crippen molar-refractivity contribution >= 4 is 34.1 Å². The monoisotopic (exact) mass is 311 g/mol. The number of nitrogens with one attached hydrogen (secondary N) is 1. The van der Waals surface area contributed by atoms with E-state index in [0.717, 1.165) is 0 Å². The molecule has 0 unspecified atom stereocenters. The lowest BCUT2D eigenvalue weighted by atomic mass is 9.96. The van der Waals surface area contributed by atoms with E-state index in [2.05, 4.69) is 10.3 Å². The second kappa shape index (κ2) is 6.30. The summed E-state index contributed by atoms with van der Waals surface area (Å²) in [5.41, 5.74) is 11.1. The molecule has 1 saturated heterocycles. The fraction of sp³-hybridized carbons (Fsp3) is 0.615. The topological polar surface area (TPSA) is 114 Å². The number of piperidine rings is 1. The van der Waals surface area contributed by atoms with E-state index < -0.39 is 0 Å². The van der Waals surface area contributed by atoms with Gasteiger partial charge in [-0.1, -0.05) is 11.3 Å². The van der Waals surface area contributed by atoms with Gasteiger partial charge in [-0.2, -0.15) is 0 Å². The zero-order valence-corrected chi connectivity index (χ0v) is 13.1. The molecule has 1 aliphatic heterocycles. The standard InChI is InChI=1S/C13H21N5O2S/c1-7(2)16-13-17-10(14)9(21-13)12(20)18-5-3-8(4-6-18)11(15)19/h7-8H,3-6,14H2,1-2H3,(H2,15,19)(H,16,17).